The van der Waals surface area contributed by atoms with E-state index in [0.29, 0.717) is 19.2 Å². The minimum atomic E-state index is 0.178. The predicted molar refractivity (Wildman–Crippen MR) is 63.4 cm³/mol. The van der Waals surface area contributed by atoms with Gasteiger partial charge in [0, 0.05) is 38.8 Å². The lowest BCUT2D eigenvalue weighted by Crippen LogP contribution is -2.58. The van der Waals surface area contributed by atoms with Crippen molar-refractivity contribution >= 4 is 5.91 Å². The summed E-state index contributed by atoms with van der Waals surface area (Å²) in [5.41, 5.74) is 0. The maximum atomic E-state index is 11.9. The molecular formula is C11H23N3O2. The zero-order valence-electron chi connectivity index (χ0n) is 10.5. The zero-order chi connectivity index (χ0) is 12.0. The first-order chi connectivity index (χ1) is 7.66. The summed E-state index contributed by atoms with van der Waals surface area (Å²) in [6.07, 6.45) is 0. The molecule has 1 rings (SSSR count). The van der Waals surface area contributed by atoms with Gasteiger partial charge in [0.25, 0.3) is 0 Å². The molecule has 0 radical (unpaired) electrons. The Morgan fingerprint density at radius 3 is 3.00 bits per heavy atom. The monoisotopic (exact) mass is 229 g/mol. The number of ether oxygens (including phenoxy) is 1. The van der Waals surface area contributed by atoms with Crippen LogP contribution < -0.4 is 10.6 Å². The highest BCUT2D eigenvalue weighted by atomic mass is 16.5. The van der Waals surface area contributed by atoms with Gasteiger partial charge in [-0.3, -0.25) is 4.79 Å². The highest BCUT2D eigenvalue weighted by molar-refractivity contribution is 5.78. The molecule has 0 bridgehead atoms. The van der Waals surface area contributed by atoms with Gasteiger partial charge in [-0.2, -0.15) is 0 Å². The molecule has 0 aromatic carbocycles. The molecule has 1 amide bonds. The van der Waals surface area contributed by atoms with Crippen LogP contribution in [0.15, 0.2) is 0 Å². The quantitative estimate of drug-likeness (QED) is 0.620. The number of piperazine rings is 1. The van der Waals surface area contributed by atoms with Gasteiger partial charge in [-0.1, -0.05) is 0 Å². The second-order valence-corrected chi connectivity index (χ2v) is 4.24. The summed E-state index contributed by atoms with van der Waals surface area (Å²) in [5, 5.41) is 6.44. The number of methoxy groups -OCH3 is 1. The molecule has 0 aromatic heterocycles. The normalized spacial score (nSPS) is 25.8. The van der Waals surface area contributed by atoms with Crippen molar-refractivity contribution in [3.05, 3.63) is 0 Å². The van der Waals surface area contributed by atoms with Gasteiger partial charge in [-0.15, -0.1) is 0 Å². The van der Waals surface area contributed by atoms with Crippen LogP contribution in [0.5, 0.6) is 0 Å². The minimum Gasteiger partial charge on any atom is -0.383 e. The molecule has 1 aliphatic rings. The van der Waals surface area contributed by atoms with Gasteiger partial charge in [-0.05, 0) is 13.8 Å². The number of rotatable bonds is 5. The Labute approximate surface area is 97.5 Å². The fraction of sp³-hybridized carbons (Fsp3) is 0.909. The van der Waals surface area contributed by atoms with Crippen LogP contribution in [0.25, 0.3) is 0 Å². The number of hydrogen-bond acceptors (Lipinski definition) is 4. The molecule has 2 N–H and O–H groups in total. The lowest BCUT2D eigenvalue weighted by molar-refractivity contribution is -0.133. The predicted octanol–water partition coefficient (Wildman–Crippen LogP) is -0.569. The van der Waals surface area contributed by atoms with Crippen molar-refractivity contribution in [2.75, 3.05) is 39.9 Å². The molecule has 5 nitrogen and oxygen atoms in total. The lowest BCUT2D eigenvalue weighted by atomic mass is 10.1. The van der Waals surface area contributed by atoms with Crippen LogP contribution in [0.2, 0.25) is 0 Å². The number of hydrogen-bond donors (Lipinski definition) is 2. The summed E-state index contributed by atoms with van der Waals surface area (Å²) < 4.78 is 4.91. The van der Waals surface area contributed by atoms with Crippen LogP contribution in [0.1, 0.15) is 13.8 Å². The van der Waals surface area contributed by atoms with E-state index in [1.165, 1.54) is 0 Å². The number of amides is 1. The van der Waals surface area contributed by atoms with Gasteiger partial charge >= 0.3 is 0 Å². The molecule has 2 unspecified atom stereocenters. The van der Waals surface area contributed by atoms with E-state index in [0.717, 1.165) is 19.6 Å². The average molecular weight is 229 g/mol. The molecule has 5 heteroatoms. The van der Waals surface area contributed by atoms with Crippen LogP contribution in [-0.2, 0) is 9.53 Å². The van der Waals surface area contributed by atoms with E-state index >= 15 is 0 Å². The van der Waals surface area contributed by atoms with E-state index in [9.17, 15) is 4.79 Å². The van der Waals surface area contributed by atoms with Crippen molar-refractivity contribution in [1.29, 1.82) is 0 Å². The molecule has 1 aliphatic heterocycles. The first-order valence-electron chi connectivity index (χ1n) is 5.89. The molecule has 94 valence electrons. The summed E-state index contributed by atoms with van der Waals surface area (Å²) in [5.74, 6) is 0.178. The molecule has 1 heterocycles. The fourth-order valence-corrected chi connectivity index (χ4v) is 1.88. The third kappa shape index (κ3) is 3.73. The van der Waals surface area contributed by atoms with E-state index in [-0.39, 0.29) is 11.9 Å². The molecule has 16 heavy (non-hydrogen) atoms. The minimum absolute atomic E-state index is 0.178. The SMILES string of the molecule is COCCNCC(=O)N1CCNC(C)C1C. The highest BCUT2D eigenvalue weighted by Crippen LogP contribution is 2.08. The lowest BCUT2D eigenvalue weighted by Gasteiger charge is -2.38. The van der Waals surface area contributed by atoms with Gasteiger partial charge in [0.15, 0.2) is 0 Å². The first-order valence-corrected chi connectivity index (χ1v) is 5.89. The van der Waals surface area contributed by atoms with Crippen LogP contribution >= 0.6 is 0 Å². The Kier molecular flexibility index (Phi) is 5.73. The maximum Gasteiger partial charge on any atom is 0.236 e. The van der Waals surface area contributed by atoms with Gasteiger partial charge in [0.1, 0.15) is 0 Å². The molecule has 0 saturated carbocycles. The van der Waals surface area contributed by atoms with Crippen molar-refractivity contribution in [3.63, 3.8) is 0 Å². The Morgan fingerprint density at radius 1 is 1.56 bits per heavy atom. The van der Waals surface area contributed by atoms with Crippen LogP contribution in [0.4, 0.5) is 0 Å². The van der Waals surface area contributed by atoms with E-state index in [1.54, 1.807) is 7.11 Å². The molecule has 0 aliphatic carbocycles. The highest BCUT2D eigenvalue weighted by Gasteiger charge is 2.27. The topological polar surface area (TPSA) is 53.6 Å². The summed E-state index contributed by atoms with van der Waals surface area (Å²) >= 11 is 0. The zero-order valence-corrected chi connectivity index (χ0v) is 10.5. The van der Waals surface area contributed by atoms with Crippen molar-refractivity contribution in [3.8, 4) is 0 Å². The van der Waals surface area contributed by atoms with Crippen LogP contribution in [0, 0.1) is 0 Å². The molecule has 1 fully saturated rings. The van der Waals surface area contributed by atoms with Crippen molar-refractivity contribution < 1.29 is 9.53 Å². The summed E-state index contributed by atoms with van der Waals surface area (Å²) in [6, 6.07) is 0.641. The Bertz CT molecular complexity index is 223. The van der Waals surface area contributed by atoms with Crippen molar-refractivity contribution in [2.45, 2.75) is 25.9 Å². The maximum absolute atomic E-state index is 11.9. The molecule has 2 atom stereocenters. The summed E-state index contributed by atoms with van der Waals surface area (Å²) in [6.45, 7) is 7.65. The molecule has 0 aromatic rings. The third-order valence-electron chi connectivity index (χ3n) is 3.11. The molecule has 0 spiro atoms. The number of nitrogens with zero attached hydrogens (tertiary/aromatic N) is 1. The Hall–Kier alpha value is -0.650. The van der Waals surface area contributed by atoms with E-state index in [2.05, 4.69) is 24.5 Å². The molecular weight excluding hydrogens is 206 g/mol. The molecule has 1 saturated heterocycles. The van der Waals surface area contributed by atoms with Gasteiger partial charge in [0.05, 0.1) is 13.2 Å². The number of carbonyl (C=O) groups is 1. The van der Waals surface area contributed by atoms with Crippen LogP contribution in [-0.4, -0.2) is 62.8 Å². The summed E-state index contributed by atoms with van der Waals surface area (Å²) in [4.78, 5) is 13.9. The number of nitrogens with one attached hydrogen (secondary N) is 2. The van der Waals surface area contributed by atoms with E-state index < -0.39 is 0 Å². The average Bonchev–Trinajstić information content (AvgIpc) is 2.28. The number of carbonyl (C=O) groups excluding carboxylic acids is 1. The second-order valence-electron chi connectivity index (χ2n) is 4.24. The summed E-state index contributed by atoms with van der Waals surface area (Å²) in [7, 11) is 1.66. The third-order valence-corrected chi connectivity index (χ3v) is 3.11. The fourth-order valence-electron chi connectivity index (χ4n) is 1.88. The van der Waals surface area contributed by atoms with Crippen molar-refractivity contribution in [2.24, 2.45) is 0 Å². The Morgan fingerprint density at radius 2 is 2.31 bits per heavy atom. The van der Waals surface area contributed by atoms with Gasteiger partial charge < -0.3 is 20.3 Å². The van der Waals surface area contributed by atoms with Gasteiger partial charge in [-0.25, -0.2) is 0 Å². The van der Waals surface area contributed by atoms with Gasteiger partial charge in [0.2, 0.25) is 5.91 Å². The standard InChI is InChI=1S/C11H23N3O2/c1-9-10(2)14(6-4-13-9)11(15)8-12-5-7-16-3/h9-10,12-13H,4-8H2,1-3H3. The Balaban J connectivity index is 2.29. The van der Waals surface area contributed by atoms with E-state index in [4.69, 9.17) is 4.74 Å². The largest absolute Gasteiger partial charge is 0.383 e. The van der Waals surface area contributed by atoms with Crippen molar-refractivity contribution in [1.82, 2.24) is 15.5 Å². The van der Waals surface area contributed by atoms with E-state index in [1.807, 2.05) is 4.90 Å². The van der Waals surface area contributed by atoms with Crippen LogP contribution in [0.3, 0.4) is 0 Å². The second kappa shape index (κ2) is 6.83. The smallest absolute Gasteiger partial charge is 0.236 e. The first kappa shape index (κ1) is 13.4.